The standard InChI is InChI=1S/C19H22F5NO2.2C19H23F4NO2/c1-17(27,19(22,23)24)13-4-2-12(3-5-13)16(26)25(14-6-7-14)15-8-10-18(20,21)11-9-15;2*1-18(26,19(21,22)23)13-4-2-12(3-5-13)17(25)24(16-10-11-16)15-8-6-14(20)7-9-15/h2-5,14-15,27H,6-11H2,1H3;2*2-5,14-16,26H,6-11H2,1H3/t17-;2*14?,15?,18-/m000/s1. The Morgan fingerprint density at radius 3 is 0.759 bits per heavy atom. The normalized spacial score (nSPS) is 25.1. The van der Waals surface area contributed by atoms with E-state index in [1.165, 1.54) is 36.4 Å². The Kier molecular flexibility index (Phi) is 18.3. The topological polar surface area (TPSA) is 122 Å². The van der Waals surface area contributed by atoms with E-state index in [1.807, 2.05) is 0 Å². The number of hydrogen-bond acceptors (Lipinski definition) is 6. The summed E-state index contributed by atoms with van der Waals surface area (Å²) in [6.07, 6.45) is -6.71. The van der Waals surface area contributed by atoms with Gasteiger partial charge in [-0.3, -0.25) is 14.4 Å². The van der Waals surface area contributed by atoms with Gasteiger partial charge in [-0.15, -0.1) is 0 Å². The molecule has 0 heterocycles. The maximum Gasteiger partial charge on any atom is 0.421 e. The number of amides is 3. The highest BCUT2D eigenvalue weighted by molar-refractivity contribution is 5.96. The number of benzene rings is 3. The number of carbonyl (C=O) groups excluding carboxylic acids is 3. The highest BCUT2D eigenvalue weighted by Crippen LogP contribution is 2.44. The summed E-state index contributed by atoms with van der Waals surface area (Å²) < 4.78 is 170. The van der Waals surface area contributed by atoms with Crippen molar-refractivity contribution in [3.8, 4) is 0 Å². The van der Waals surface area contributed by atoms with E-state index >= 15 is 0 Å². The third kappa shape index (κ3) is 14.6. The third-order valence-corrected chi connectivity index (χ3v) is 16.4. The number of rotatable bonds is 12. The van der Waals surface area contributed by atoms with Gasteiger partial charge in [-0.25, -0.2) is 17.6 Å². The quantitative estimate of drug-likeness (QED) is 0.155. The third-order valence-electron chi connectivity index (χ3n) is 16.4. The van der Waals surface area contributed by atoms with E-state index in [9.17, 15) is 86.8 Å². The van der Waals surface area contributed by atoms with Crippen molar-refractivity contribution in [2.24, 2.45) is 0 Å². The summed E-state index contributed by atoms with van der Waals surface area (Å²) in [7, 11) is 0. The zero-order valence-electron chi connectivity index (χ0n) is 44.1. The first-order valence-corrected chi connectivity index (χ1v) is 27.0. The van der Waals surface area contributed by atoms with E-state index in [-0.39, 0.29) is 102 Å². The van der Waals surface area contributed by atoms with Crippen molar-refractivity contribution in [3.63, 3.8) is 0 Å². The summed E-state index contributed by atoms with van der Waals surface area (Å²) in [5, 5.41) is 29.2. The second-order valence-corrected chi connectivity index (χ2v) is 22.7. The van der Waals surface area contributed by atoms with Crippen molar-refractivity contribution in [2.45, 2.75) is 226 Å². The number of nitrogens with zero attached hydrogens (tertiary/aromatic N) is 3. The molecule has 6 saturated carbocycles. The van der Waals surface area contributed by atoms with Crippen LogP contribution in [0.25, 0.3) is 0 Å². The lowest BCUT2D eigenvalue weighted by Gasteiger charge is -2.37. The lowest BCUT2D eigenvalue weighted by atomic mass is 9.90. The fraction of sp³-hybridized carbons (Fsp3) is 0.632. The summed E-state index contributed by atoms with van der Waals surface area (Å²) in [5.41, 5.74) is -9.14. The fourth-order valence-corrected chi connectivity index (χ4v) is 10.6. The second-order valence-electron chi connectivity index (χ2n) is 22.7. The highest BCUT2D eigenvalue weighted by Gasteiger charge is 2.54. The van der Waals surface area contributed by atoms with Gasteiger partial charge in [0.2, 0.25) is 5.92 Å². The summed E-state index contributed by atoms with van der Waals surface area (Å²) in [4.78, 5) is 43.9. The van der Waals surface area contributed by atoms with Gasteiger partial charge in [-0.2, -0.15) is 39.5 Å². The lowest BCUT2D eigenvalue weighted by Crippen LogP contribution is -2.45. The average Bonchev–Trinajstić information content (AvgIpc) is 4.25. The first-order chi connectivity index (χ1) is 36.6. The molecule has 6 fully saturated rings. The SMILES string of the molecule is C[C@](O)(c1ccc(C(=O)N(C2CC2)C2CCC(F)(F)CC2)cc1)C(F)(F)F.C[C@](O)(c1ccc(C(=O)N(C2CCC(F)CC2)C2CC2)cc1)C(F)(F)F.C[C@](O)(c1ccc(C(=O)N(C2CCC(F)CC2)C2CC2)cc1)C(F)(F)F. The number of hydrogen-bond donors (Lipinski definition) is 3. The van der Waals surface area contributed by atoms with Crippen LogP contribution in [0.1, 0.15) is 184 Å². The molecule has 79 heavy (non-hydrogen) atoms. The monoisotopic (exact) mass is 1140 g/mol. The van der Waals surface area contributed by atoms with Crippen LogP contribution in [-0.4, -0.2) is 121 Å². The second kappa shape index (κ2) is 23.5. The molecular weight excluding hydrogens is 1070 g/mol. The molecule has 6 aliphatic rings. The maximum atomic E-state index is 13.4. The van der Waals surface area contributed by atoms with Crippen LogP contribution in [0.3, 0.4) is 0 Å². The van der Waals surface area contributed by atoms with Crippen LogP contribution in [-0.2, 0) is 16.8 Å². The predicted octanol–water partition coefficient (Wildman–Crippen LogP) is 13.3. The van der Waals surface area contributed by atoms with E-state index in [0.29, 0.717) is 83.3 Å². The molecule has 0 aromatic heterocycles. The van der Waals surface area contributed by atoms with Crippen molar-refractivity contribution < 1.29 is 86.8 Å². The molecule has 3 aromatic carbocycles. The van der Waals surface area contributed by atoms with Gasteiger partial charge >= 0.3 is 18.5 Å². The smallest absolute Gasteiger partial charge is 0.376 e. The van der Waals surface area contributed by atoms with Gasteiger partial charge in [0, 0.05) is 65.8 Å². The molecule has 438 valence electrons. The van der Waals surface area contributed by atoms with Crippen molar-refractivity contribution in [2.75, 3.05) is 0 Å². The van der Waals surface area contributed by atoms with Crippen LogP contribution in [0, 0.1) is 0 Å². The number of halogens is 13. The number of aliphatic hydroxyl groups is 3. The van der Waals surface area contributed by atoms with Gasteiger partial charge in [0.05, 0.1) is 0 Å². The molecule has 0 radical (unpaired) electrons. The lowest BCUT2D eigenvalue weighted by molar-refractivity contribution is -0.259. The summed E-state index contributed by atoms with van der Waals surface area (Å²) >= 11 is 0. The van der Waals surface area contributed by atoms with E-state index in [0.717, 1.165) is 74.9 Å². The van der Waals surface area contributed by atoms with E-state index in [1.54, 1.807) is 14.7 Å². The van der Waals surface area contributed by atoms with Gasteiger partial charge < -0.3 is 30.0 Å². The molecule has 3 atom stereocenters. The Bertz CT molecular complexity index is 2420. The molecule has 3 amide bonds. The Hall–Kier alpha value is -4.96. The molecule has 0 unspecified atom stereocenters. The van der Waals surface area contributed by atoms with Crippen LogP contribution in [0.2, 0.25) is 0 Å². The minimum Gasteiger partial charge on any atom is -0.376 e. The average molecular weight is 1140 g/mol. The maximum absolute atomic E-state index is 13.4. The zero-order valence-corrected chi connectivity index (χ0v) is 44.1. The number of carbonyl (C=O) groups is 3. The van der Waals surface area contributed by atoms with Crippen LogP contribution in [0.5, 0.6) is 0 Å². The molecular formula is C57H68F13N3O6. The minimum absolute atomic E-state index is 0.00665. The molecule has 22 heteroatoms. The highest BCUT2D eigenvalue weighted by atomic mass is 19.4. The Morgan fingerprint density at radius 1 is 0.380 bits per heavy atom. The van der Waals surface area contributed by atoms with E-state index < -0.39 is 53.6 Å². The van der Waals surface area contributed by atoms with Gasteiger partial charge in [0.15, 0.2) is 16.8 Å². The molecule has 0 bridgehead atoms. The molecule has 9 nitrogen and oxygen atoms in total. The number of alkyl halides is 13. The predicted molar refractivity (Wildman–Crippen MR) is 265 cm³/mol. The summed E-state index contributed by atoms with van der Waals surface area (Å²) in [6, 6.07) is 14.5. The Morgan fingerprint density at radius 2 is 0.570 bits per heavy atom. The van der Waals surface area contributed by atoms with E-state index in [2.05, 4.69) is 0 Å². The minimum atomic E-state index is -4.84. The summed E-state index contributed by atoms with van der Waals surface area (Å²) in [5.74, 6) is -3.51. The first kappa shape index (κ1) is 61.7. The molecule has 0 spiro atoms. The van der Waals surface area contributed by atoms with Crippen LogP contribution in [0.15, 0.2) is 72.8 Å². The van der Waals surface area contributed by atoms with Crippen molar-refractivity contribution >= 4 is 17.7 Å². The molecule has 3 aromatic rings. The molecule has 3 N–H and O–H groups in total. The molecule has 0 saturated heterocycles. The zero-order chi connectivity index (χ0) is 58.3. The van der Waals surface area contributed by atoms with Gasteiger partial charge in [-0.1, -0.05) is 36.4 Å². The van der Waals surface area contributed by atoms with Gasteiger partial charge in [0.1, 0.15) is 12.3 Å². The Balaban J connectivity index is 0.000000172. The Labute approximate surface area is 450 Å². The van der Waals surface area contributed by atoms with E-state index in [4.69, 9.17) is 0 Å². The van der Waals surface area contributed by atoms with Gasteiger partial charge in [-0.05, 0) is 177 Å². The first-order valence-electron chi connectivity index (χ1n) is 27.0. The van der Waals surface area contributed by atoms with Crippen LogP contribution in [0.4, 0.5) is 57.1 Å². The molecule has 9 rings (SSSR count). The summed E-state index contributed by atoms with van der Waals surface area (Å²) in [6.45, 7) is 2.04. The van der Waals surface area contributed by atoms with Crippen LogP contribution >= 0.6 is 0 Å². The van der Waals surface area contributed by atoms with Gasteiger partial charge in [0.25, 0.3) is 17.7 Å². The molecule has 0 aliphatic heterocycles. The molecule has 6 aliphatic carbocycles. The fourth-order valence-electron chi connectivity index (χ4n) is 10.6. The van der Waals surface area contributed by atoms with Crippen molar-refractivity contribution in [3.05, 3.63) is 106 Å². The van der Waals surface area contributed by atoms with Crippen LogP contribution < -0.4 is 0 Å². The van der Waals surface area contributed by atoms with Crippen molar-refractivity contribution in [1.82, 2.24) is 14.7 Å². The van der Waals surface area contributed by atoms with Crippen molar-refractivity contribution in [1.29, 1.82) is 0 Å². The largest absolute Gasteiger partial charge is 0.421 e.